The first-order valence-corrected chi connectivity index (χ1v) is 2.45. The Hall–Kier alpha value is -1.26. The van der Waals surface area contributed by atoms with E-state index in [-0.39, 0.29) is 0 Å². The van der Waals surface area contributed by atoms with Gasteiger partial charge in [0.25, 0.3) is 0 Å². The van der Waals surface area contributed by atoms with Crippen molar-refractivity contribution in [3.63, 3.8) is 0 Å². The molecule has 0 aromatic carbocycles. The summed E-state index contributed by atoms with van der Waals surface area (Å²) in [5.74, 6) is 0.438. The summed E-state index contributed by atoms with van der Waals surface area (Å²) in [6, 6.07) is 0. The highest BCUT2D eigenvalue weighted by molar-refractivity contribution is 5.83. The van der Waals surface area contributed by atoms with E-state index < -0.39 is 0 Å². The van der Waals surface area contributed by atoms with Gasteiger partial charge in [0.1, 0.15) is 6.61 Å². The minimum Gasteiger partial charge on any atom is -0.425 e. The summed E-state index contributed by atoms with van der Waals surface area (Å²) < 4.78 is 4.64. The van der Waals surface area contributed by atoms with Gasteiger partial charge >= 0.3 is 0 Å². The summed E-state index contributed by atoms with van der Waals surface area (Å²) in [5.41, 5.74) is 0. The first-order chi connectivity index (χ1) is 4.43. The zero-order chi connectivity index (χ0) is 6.53. The molecule has 9 heavy (non-hydrogen) atoms. The smallest absolute Gasteiger partial charge is 0.236 e. The summed E-state index contributed by atoms with van der Waals surface area (Å²) >= 11 is 0. The summed E-state index contributed by atoms with van der Waals surface area (Å²) in [4.78, 5) is 4.57. The summed E-state index contributed by atoms with van der Waals surface area (Å²) in [5, 5.41) is 14.0. The summed E-state index contributed by atoms with van der Waals surface area (Å²) in [6.45, 7) is 0.536. The second-order valence-corrected chi connectivity index (χ2v) is 1.41. The van der Waals surface area contributed by atoms with E-state index in [4.69, 9.17) is 5.21 Å². The van der Waals surface area contributed by atoms with Crippen LogP contribution in [0.15, 0.2) is 10.3 Å². The second-order valence-electron chi connectivity index (χ2n) is 1.41. The average molecular weight is 130 g/mol. The first-order valence-electron chi connectivity index (χ1n) is 2.45. The highest BCUT2D eigenvalue weighted by atomic mass is 16.7. The van der Waals surface area contributed by atoms with Crippen molar-refractivity contribution in [2.45, 2.75) is 6.42 Å². The van der Waals surface area contributed by atoms with Crippen LogP contribution >= 0.6 is 0 Å². The third-order valence-corrected chi connectivity index (χ3v) is 0.809. The van der Waals surface area contributed by atoms with E-state index >= 15 is 0 Å². The van der Waals surface area contributed by atoms with Gasteiger partial charge in [0.05, 0.1) is 6.42 Å². The van der Waals surface area contributed by atoms with E-state index in [2.05, 4.69) is 19.9 Å². The number of hydrogen-bond acceptors (Lipinski definition) is 5. The molecule has 1 N–H and O–H groups in total. The SMILES string of the molecule is ON=COC1=NOCC1. The van der Waals surface area contributed by atoms with Crippen LogP contribution in [0.2, 0.25) is 0 Å². The van der Waals surface area contributed by atoms with Gasteiger partial charge in [-0.1, -0.05) is 10.3 Å². The fourth-order valence-corrected chi connectivity index (χ4v) is 0.461. The monoisotopic (exact) mass is 130 g/mol. The van der Waals surface area contributed by atoms with Crippen LogP contribution < -0.4 is 0 Å². The number of hydrogen-bond donors (Lipinski definition) is 1. The van der Waals surface area contributed by atoms with Gasteiger partial charge in [0.15, 0.2) is 0 Å². The molecule has 0 bridgehead atoms. The lowest BCUT2D eigenvalue weighted by Gasteiger charge is -1.89. The fraction of sp³-hybridized carbons (Fsp3) is 0.500. The predicted octanol–water partition coefficient (Wildman–Crippen LogP) is 0.154. The normalized spacial score (nSPS) is 17.6. The van der Waals surface area contributed by atoms with Crippen LogP contribution in [0.1, 0.15) is 6.42 Å². The minimum atomic E-state index is 0.438. The molecule has 0 aliphatic carbocycles. The van der Waals surface area contributed by atoms with Crippen molar-refractivity contribution in [3.8, 4) is 0 Å². The zero-order valence-electron chi connectivity index (χ0n) is 4.65. The van der Waals surface area contributed by atoms with Crippen LogP contribution in [0.25, 0.3) is 0 Å². The standard InChI is InChI=1S/C4H6N2O3/c7-5-3-8-4-1-2-9-6-4/h3,7H,1-2H2. The molecule has 0 aromatic rings. The van der Waals surface area contributed by atoms with E-state index in [0.717, 1.165) is 6.40 Å². The van der Waals surface area contributed by atoms with E-state index in [1.807, 2.05) is 0 Å². The van der Waals surface area contributed by atoms with Gasteiger partial charge < -0.3 is 14.8 Å². The Morgan fingerprint density at radius 2 is 2.78 bits per heavy atom. The van der Waals surface area contributed by atoms with E-state index in [1.54, 1.807) is 0 Å². The van der Waals surface area contributed by atoms with Gasteiger partial charge in [-0.15, -0.1) is 0 Å². The number of ether oxygens (including phenoxy) is 1. The molecule has 0 saturated heterocycles. The Bertz CT molecular complexity index is 143. The molecule has 0 unspecified atom stereocenters. The molecule has 0 aromatic heterocycles. The minimum absolute atomic E-state index is 0.438. The van der Waals surface area contributed by atoms with Crippen molar-refractivity contribution < 1.29 is 14.8 Å². The van der Waals surface area contributed by atoms with Crippen LogP contribution in [0, 0.1) is 0 Å². The first kappa shape index (κ1) is 5.87. The molecule has 0 atom stereocenters. The maximum Gasteiger partial charge on any atom is 0.236 e. The van der Waals surface area contributed by atoms with E-state index in [1.165, 1.54) is 0 Å². The van der Waals surface area contributed by atoms with Gasteiger partial charge in [-0.2, -0.15) is 0 Å². The third kappa shape index (κ3) is 1.60. The molecule has 1 aliphatic rings. The quantitative estimate of drug-likeness (QED) is 0.238. The average Bonchev–Trinajstić information content (AvgIpc) is 2.34. The lowest BCUT2D eigenvalue weighted by Crippen LogP contribution is -1.98. The molecule has 0 fully saturated rings. The molecule has 0 radical (unpaired) electrons. The maximum atomic E-state index is 7.88. The van der Waals surface area contributed by atoms with Crippen LogP contribution in [-0.2, 0) is 9.57 Å². The Labute approximate surface area is 51.5 Å². The van der Waals surface area contributed by atoms with Crippen molar-refractivity contribution in [2.24, 2.45) is 10.3 Å². The zero-order valence-corrected chi connectivity index (χ0v) is 4.65. The Kier molecular flexibility index (Phi) is 1.90. The van der Waals surface area contributed by atoms with Crippen molar-refractivity contribution in [2.75, 3.05) is 6.61 Å². The molecule has 50 valence electrons. The van der Waals surface area contributed by atoms with Crippen LogP contribution in [0.4, 0.5) is 0 Å². The fourth-order valence-electron chi connectivity index (χ4n) is 0.461. The van der Waals surface area contributed by atoms with Gasteiger partial charge in [-0.3, -0.25) is 0 Å². The van der Waals surface area contributed by atoms with Crippen LogP contribution in [0.3, 0.4) is 0 Å². The molecule has 0 saturated carbocycles. The molecular formula is C4H6N2O3. The highest BCUT2D eigenvalue weighted by Crippen LogP contribution is 1.98. The largest absolute Gasteiger partial charge is 0.425 e. The van der Waals surface area contributed by atoms with Gasteiger partial charge in [0, 0.05) is 0 Å². The molecule has 0 amide bonds. The number of rotatable bonds is 1. The van der Waals surface area contributed by atoms with Crippen molar-refractivity contribution in [1.82, 2.24) is 0 Å². The molecule has 5 heteroatoms. The number of oxime groups is 2. The molecule has 1 aliphatic heterocycles. The second kappa shape index (κ2) is 2.91. The predicted molar refractivity (Wildman–Crippen MR) is 29.4 cm³/mol. The summed E-state index contributed by atoms with van der Waals surface area (Å²) in [7, 11) is 0. The van der Waals surface area contributed by atoms with Crippen LogP contribution in [-0.4, -0.2) is 24.1 Å². The van der Waals surface area contributed by atoms with Crippen molar-refractivity contribution >= 4 is 12.3 Å². The van der Waals surface area contributed by atoms with E-state index in [9.17, 15) is 0 Å². The van der Waals surface area contributed by atoms with Gasteiger partial charge in [-0.25, -0.2) is 0 Å². The van der Waals surface area contributed by atoms with Crippen molar-refractivity contribution in [1.29, 1.82) is 0 Å². The maximum absolute atomic E-state index is 7.88. The number of nitrogens with zero attached hydrogens (tertiary/aromatic N) is 2. The summed E-state index contributed by atoms with van der Waals surface area (Å²) in [6.07, 6.45) is 1.53. The van der Waals surface area contributed by atoms with Crippen LogP contribution in [0.5, 0.6) is 0 Å². The Morgan fingerprint density at radius 3 is 3.33 bits per heavy atom. The van der Waals surface area contributed by atoms with Gasteiger partial charge in [-0.05, 0) is 0 Å². The molecule has 1 heterocycles. The van der Waals surface area contributed by atoms with E-state index in [0.29, 0.717) is 18.9 Å². The van der Waals surface area contributed by atoms with Crippen molar-refractivity contribution in [3.05, 3.63) is 0 Å². The molecule has 1 rings (SSSR count). The molecular weight excluding hydrogens is 124 g/mol. The topological polar surface area (TPSA) is 63.4 Å². The lowest BCUT2D eigenvalue weighted by atomic mass is 10.5. The lowest BCUT2D eigenvalue weighted by molar-refractivity contribution is 0.172. The Balaban J connectivity index is 2.26. The Morgan fingerprint density at radius 1 is 1.89 bits per heavy atom. The highest BCUT2D eigenvalue weighted by Gasteiger charge is 2.06. The molecule has 5 nitrogen and oxygen atoms in total. The third-order valence-electron chi connectivity index (χ3n) is 0.809. The molecule has 0 spiro atoms. The van der Waals surface area contributed by atoms with Gasteiger partial charge in [0.2, 0.25) is 12.3 Å².